The summed E-state index contributed by atoms with van der Waals surface area (Å²) in [6.07, 6.45) is 5.40. The van der Waals surface area contributed by atoms with E-state index in [1.54, 1.807) is 14.2 Å². The van der Waals surface area contributed by atoms with Gasteiger partial charge < -0.3 is 25.3 Å². The highest BCUT2D eigenvalue weighted by Crippen LogP contribution is 2.32. The van der Waals surface area contributed by atoms with E-state index in [0.29, 0.717) is 30.1 Å². The first-order valence-electron chi connectivity index (χ1n) is 11.5. The molecule has 9 heteroatoms. The maximum Gasteiger partial charge on any atom is 0.320 e. The Morgan fingerprint density at radius 2 is 2.00 bits per heavy atom. The summed E-state index contributed by atoms with van der Waals surface area (Å²) in [6.45, 7) is 2.60. The van der Waals surface area contributed by atoms with Crippen molar-refractivity contribution in [1.82, 2.24) is 10.3 Å². The van der Waals surface area contributed by atoms with E-state index in [-0.39, 0.29) is 27.9 Å². The maximum absolute atomic E-state index is 12.6. The molecule has 0 unspecified atom stereocenters. The lowest BCUT2D eigenvalue weighted by Crippen LogP contribution is -2.36. The van der Waals surface area contributed by atoms with Gasteiger partial charge >= 0.3 is 6.03 Å². The van der Waals surface area contributed by atoms with Gasteiger partial charge in [0.2, 0.25) is 5.90 Å². The number of anilines is 2. The molecule has 1 aliphatic rings. The average molecular weight is 476 g/mol. The Labute approximate surface area is 205 Å². The molecular weight excluding hydrogens is 434 g/mol. The van der Waals surface area contributed by atoms with Gasteiger partial charge in [-0.25, -0.2) is 9.78 Å². The van der Waals surface area contributed by atoms with Crippen LogP contribution in [0.15, 0.2) is 42.6 Å². The van der Waals surface area contributed by atoms with Gasteiger partial charge in [0.05, 0.1) is 17.2 Å². The van der Waals surface area contributed by atoms with Gasteiger partial charge in [-0.1, -0.05) is 30.3 Å². The number of hydrogen-bond donors (Lipinski definition) is 4. The number of carbonyl (C=O) groups is 1. The van der Waals surface area contributed by atoms with Crippen molar-refractivity contribution >= 4 is 23.4 Å². The summed E-state index contributed by atoms with van der Waals surface area (Å²) in [5.74, 6) is 0.273. The molecule has 3 rings (SSSR count). The fourth-order valence-corrected chi connectivity index (χ4v) is 4.04. The Hall–Kier alpha value is -3.17. The number of rotatable bonds is 9. The third kappa shape index (κ3) is 6.91. The van der Waals surface area contributed by atoms with Gasteiger partial charge in [0.1, 0.15) is 11.9 Å². The molecule has 0 spiro atoms. The molecule has 5 N–H and O–H groups in total. The predicted octanol–water partition coefficient (Wildman–Crippen LogP) is 4.99. The van der Waals surface area contributed by atoms with Crippen LogP contribution >= 0.6 is 0 Å². The molecule has 9 nitrogen and oxygen atoms in total. The van der Waals surface area contributed by atoms with Crippen LogP contribution in [-0.4, -0.2) is 49.4 Å². The molecule has 1 saturated carbocycles. The smallest absolute Gasteiger partial charge is 0.320 e. The zero-order chi connectivity index (χ0) is 24.6. The third-order valence-electron chi connectivity index (χ3n) is 6.31. The molecule has 0 saturated heterocycles. The Balaban J connectivity index is 0.00000432. The molecule has 1 aromatic carbocycles. The fraction of sp³-hybridized carbons (Fsp3) is 0.480. The van der Waals surface area contributed by atoms with Crippen molar-refractivity contribution in [1.29, 1.82) is 5.41 Å². The van der Waals surface area contributed by atoms with Crippen LogP contribution in [0.1, 0.15) is 60.5 Å². The number of methoxy groups -OCH3 is 2. The van der Waals surface area contributed by atoms with Crippen LogP contribution in [0.5, 0.6) is 0 Å². The van der Waals surface area contributed by atoms with Gasteiger partial charge in [0, 0.05) is 43.1 Å². The molecule has 1 fully saturated rings. The molecule has 0 aliphatic heterocycles. The lowest BCUT2D eigenvalue weighted by molar-refractivity contribution is -0.0477. The Morgan fingerprint density at radius 3 is 2.62 bits per heavy atom. The number of nitrogens with zero attached hydrogens (tertiary/aromatic N) is 1. The van der Waals surface area contributed by atoms with Gasteiger partial charge in [0.25, 0.3) is 0 Å². The molecule has 2 aromatic rings. The Morgan fingerprint density at radius 1 is 1.29 bits per heavy atom. The zero-order valence-corrected chi connectivity index (χ0v) is 20.1. The number of nitrogen functional groups attached to an aromatic ring is 1. The number of pyridine rings is 1. The van der Waals surface area contributed by atoms with Gasteiger partial charge in [-0.2, -0.15) is 0 Å². The predicted molar refractivity (Wildman–Crippen MR) is 138 cm³/mol. The second-order valence-electron chi connectivity index (χ2n) is 8.80. The number of urea groups is 1. The van der Waals surface area contributed by atoms with E-state index >= 15 is 0 Å². The molecular formula is C25H41N5O4. The number of nitrogens with two attached hydrogens (primary N) is 1. The number of aromatic nitrogens is 1. The standard InChI is InChI=1S/C25H35N5O4.3H2/c1-25(33-3)12-9-18(10-13-25)34-23(27)19-16-28-22(15-20(19)26)30-24(31)29-21(11-14-32-2)17-7-5-4-6-8-17;;;/h4-8,15-16,18,21,27H,9-14H2,1-3H3,(H4,26,28,29,30,31);3*1H/t18?,21-,25?;;;/m1.../s1. The van der Waals surface area contributed by atoms with E-state index in [4.69, 9.17) is 25.4 Å². The second kappa shape index (κ2) is 11.8. The van der Waals surface area contributed by atoms with Gasteiger partial charge in [-0.15, -0.1) is 0 Å². The van der Waals surface area contributed by atoms with Crippen LogP contribution in [0, 0.1) is 5.41 Å². The number of amides is 2. The lowest BCUT2D eigenvalue weighted by Gasteiger charge is -2.36. The molecule has 190 valence electrons. The molecule has 34 heavy (non-hydrogen) atoms. The Kier molecular flexibility index (Phi) is 8.84. The quantitative estimate of drug-likeness (QED) is 0.298. The number of benzene rings is 1. The molecule has 1 atom stereocenters. The highest BCUT2D eigenvalue weighted by atomic mass is 16.5. The molecule has 1 aromatic heterocycles. The number of carbonyl (C=O) groups excluding carboxylic acids is 1. The van der Waals surface area contributed by atoms with E-state index in [1.165, 1.54) is 12.3 Å². The maximum atomic E-state index is 12.6. The van der Waals surface area contributed by atoms with E-state index in [2.05, 4.69) is 22.5 Å². The zero-order valence-electron chi connectivity index (χ0n) is 20.1. The van der Waals surface area contributed by atoms with Crippen LogP contribution in [0.4, 0.5) is 16.3 Å². The van der Waals surface area contributed by atoms with Crippen molar-refractivity contribution in [3.05, 3.63) is 53.7 Å². The second-order valence-corrected chi connectivity index (χ2v) is 8.80. The molecule has 2 amide bonds. The SMILES string of the molecule is COCC[C@@H](NC(=O)Nc1cc(N)c(C(=N)OC2CCC(C)(OC)CC2)cn1)c1ccccc1.[HH].[HH].[HH]. The number of hydrogen-bond acceptors (Lipinski definition) is 7. The van der Waals surface area contributed by atoms with Gasteiger partial charge in [-0.05, 0) is 44.6 Å². The first-order chi connectivity index (χ1) is 16.3. The third-order valence-corrected chi connectivity index (χ3v) is 6.31. The average Bonchev–Trinajstić information content (AvgIpc) is 2.84. The van der Waals surface area contributed by atoms with E-state index in [1.807, 2.05) is 30.3 Å². The summed E-state index contributed by atoms with van der Waals surface area (Å²) in [5.41, 5.74) is 7.72. The van der Waals surface area contributed by atoms with Crippen molar-refractivity contribution in [3.63, 3.8) is 0 Å². The summed E-state index contributed by atoms with van der Waals surface area (Å²) in [6, 6.07) is 10.6. The van der Waals surface area contributed by atoms with Crippen LogP contribution in [-0.2, 0) is 14.2 Å². The summed E-state index contributed by atoms with van der Waals surface area (Å²) in [7, 11) is 3.36. The lowest BCUT2D eigenvalue weighted by atomic mass is 9.84. The molecule has 0 bridgehead atoms. The summed E-state index contributed by atoms with van der Waals surface area (Å²) in [5, 5.41) is 14.0. The highest BCUT2D eigenvalue weighted by molar-refractivity contribution is 5.98. The summed E-state index contributed by atoms with van der Waals surface area (Å²) < 4.78 is 16.6. The summed E-state index contributed by atoms with van der Waals surface area (Å²) >= 11 is 0. The normalized spacial score (nSPS) is 20.9. The minimum absolute atomic E-state index is 0. The van der Waals surface area contributed by atoms with Crippen molar-refractivity contribution < 1.29 is 23.3 Å². The molecule has 0 radical (unpaired) electrons. The van der Waals surface area contributed by atoms with Crippen LogP contribution in [0.2, 0.25) is 0 Å². The van der Waals surface area contributed by atoms with Crippen LogP contribution < -0.4 is 16.4 Å². The topological polar surface area (TPSA) is 132 Å². The van der Waals surface area contributed by atoms with E-state index in [9.17, 15) is 4.79 Å². The van der Waals surface area contributed by atoms with Crippen LogP contribution in [0.3, 0.4) is 0 Å². The Bertz CT molecular complexity index is 976. The van der Waals surface area contributed by atoms with Crippen molar-refractivity contribution in [3.8, 4) is 0 Å². The molecule has 1 heterocycles. The van der Waals surface area contributed by atoms with Gasteiger partial charge in [0.15, 0.2) is 0 Å². The van der Waals surface area contributed by atoms with Gasteiger partial charge in [-0.3, -0.25) is 10.7 Å². The van der Waals surface area contributed by atoms with E-state index in [0.717, 1.165) is 31.2 Å². The summed E-state index contributed by atoms with van der Waals surface area (Å²) in [4.78, 5) is 16.9. The first-order valence-corrected chi connectivity index (χ1v) is 11.5. The van der Waals surface area contributed by atoms with Crippen molar-refractivity contribution in [2.75, 3.05) is 31.9 Å². The fourth-order valence-electron chi connectivity index (χ4n) is 4.04. The molecule has 1 aliphatic carbocycles. The number of nitrogens with one attached hydrogen (secondary N) is 3. The van der Waals surface area contributed by atoms with Crippen LogP contribution in [0.25, 0.3) is 0 Å². The monoisotopic (exact) mass is 475 g/mol. The van der Waals surface area contributed by atoms with E-state index < -0.39 is 6.03 Å². The first kappa shape index (κ1) is 25.5. The van der Waals surface area contributed by atoms with Crippen molar-refractivity contribution in [2.45, 2.75) is 56.8 Å². The highest BCUT2D eigenvalue weighted by Gasteiger charge is 2.32. The largest absolute Gasteiger partial charge is 0.474 e. The van der Waals surface area contributed by atoms with Crippen molar-refractivity contribution in [2.24, 2.45) is 0 Å². The number of ether oxygens (including phenoxy) is 3. The minimum atomic E-state index is -0.403. The minimum Gasteiger partial charge on any atom is -0.474 e.